The summed E-state index contributed by atoms with van der Waals surface area (Å²) in [6.45, 7) is 2.79. The first-order valence-corrected chi connectivity index (χ1v) is 7.76. The van der Waals surface area contributed by atoms with Crippen molar-refractivity contribution in [1.82, 2.24) is 10.6 Å². The molecule has 104 valence electrons. The molecule has 0 saturated heterocycles. The zero-order valence-corrected chi connectivity index (χ0v) is 12.2. The van der Waals surface area contributed by atoms with E-state index >= 15 is 0 Å². The number of benzene rings is 1. The van der Waals surface area contributed by atoms with Crippen LogP contribution in [-0.2, 0) is 17.8 Å². The van der Waals surface area contributed by atoms with Crippen molar-refractivity contribution in [3.8, 4) is 0 Å². The molecular formula is C16H18N2OS. The van der Waals surface area contributed by atoms with E-state index < -0.39 is 0 Å². The second-order valence-corrected chi connectivity index (χ2v) is 6.13. The molecule has 1 aromatic heterocycles. The summed E-state index contributed by atoms with van der Waals surface area (Å²) >= 11 is 1.67. The Morgan fingerprint density at radius 1 is 1.30 bits per heavy atom. The molecule has 0 spiro atoms. The van der Waals surface area contributed by atoms with Gasteiger partial charge in [0.2, 0.25) is 5.91 Å². The number of rotatable bonds is 3. The van der Waals surface area contributed by atoms with Crippen molar-refractivity contribution in [3.05, 3.63) is 57.8 Å². The fourth-order valence-corrected chi connectivity index (χ4v) is 3.30. The molecule has 20 heavy (non-hydrogen) atoms. The Bertz CT molecular complexity index is 594. The van der Waals surface area contributed by atoms with Crippen molar-refractivity contribution >= 4 is 17.2 Å². The highest BCUT2D eigenvalue weighted by atomic mass is 32.1. The van der Waals surface area contributed by atoms with Crippen molar-refractivity contribution in [2.24, 2.45) is 0 Å². The van der Waals surface area contributed by atoms with Gasteiger partial charge >= 0.3 is 0 Å². The third-order valence-corrected chi connectivity index (χ3v) is 4.78. The zero-order chi connectivity index (χ0) is 13.9. The van der Waals surface area contributed by atoms with E-state index in [2.05, 4.69) is 28.8 Å². The first-order chi connectivity index (χ1) is 9.74. The normalized spacial score (nSPS) is 19.1. The molecule has 1 aliphatic rings. The summed E-state index contributed by atoms with van der Waals surface area (Å²) in [6, 6.07) is 12.3. The lowest BCUT2D eigenvalue weighted by atomic mass is 9.95. The molecule has 4 heteroatoms. The summed E-state index contributed by atoms with van der Waals surface area (Å²) in [5.41, 5.74) is 2.57. The first kappa shape index (κ1) is 13.3. The molecule has 3 rings (SSSR count). The van der Waals surface area contributed by atoms with Gasteiger partial charge in [0.25, 0.3) is 0 Å². The van der Waals surface area contributed by atoms with Gasteiger partial charge in [0.1, 0.15) is 0 Å². The van der Waals surface area contributed by atoms with Gasteiger partial charge in [0.05, 0.1) is 12.1 Å². The number of amides is 1. The van der Waals surface area contributed by atoms with Crippen LogP contribution in [0.3, 0.4) is 0 Å². The molecule has 1 aliphatic heterocycles. The van der Waals surface area contributed by atoms with Crippen LogP contribution in [-0.4, -0.2) is 11.9 Å². The summed E-state index contributed by atoms with van der Waals surface area (Å²) in [5.74, 6) is 0.0837. The number of hydrogen-bond donors (Lipinski definition) is 2. The van der Waals surface area contributed by atoms with E-state index in [9.17, 15) is 4.79 Å². The van der Waals surface area contributed by atoms with Gasteiger partial charge in [-0.2, -0.15) is 0 Å². The van der Waals surface area contributed by atoms with Gasteiger partial charge in [-0.15, -0.1) is 11.3 Å². The van der Waals surface area contributed by atoms with E-state index in [-0.39, 0.29) is 18.0 Å². The van der Waals surface area contributed by atoms with E-state index in [1.54, 1.807) is 11.3 Å². The van der Waals surface area contributed by atoms with Crippen LogP contribution in [0.2, 0.25) is 0 Å². The number of hydrogen-bond acceptors (Lipinski definition) is 3. The van der Waals surface area contributed by atoms with Gasteiger partial charge in [0, 0.05) is 11.4 Å². The van der Waals surface area contributed by atoms with Gasteiger partial charge in [-0.05, 0) is 35.9 Å². The van der Waals surface area contributed by atoms with Gasteiger partial charge in [-0.3, -0.25) is 4.79 Å². The summed E-state index contributed by atoms with van der Waals surface area (Å²) in [4.78, 5) is 13.5. The Balaban J connectivity index is 1.64. The SMILES string of the molecule is C[C@H](NC(=O)[C@@H]1Cc2ccccc2CN1)c1cccs1. The summed E-state index contributed by atoms with van der Waals surface area (Å²) in [7, 11) is 0. The standard InChI is InChI=1S/C16H18N2OS/c1-11(15-7-4-8-20-15)18-16(19)14-9-12-5-2-3-6-13(12)10-17-14/h2-8,11,14,17H,9-10H2,1H3,(H,18,19)/t11-,14-/m0/s1. The number of fused-ring (bicyclic) bond motifs is 1. The molecule has 0 saturated carbocycles. The van der Waals surface area contributed by atoms with Crippen LogP contribution < -0.4 is 10.6 Å². The lowest BCUT2D eigenvalue weighted by Crippen LogP contribution is -2.48. The average molecular weight is 286 g/mol. The van der Waals surface area contributed by atoms with Crippen molar-refractivity contribution in [2.75, 3.05) is 0 Å². The average Bonchev–Trinajstić information content (AvgIpc) is 3.01. The van der Waals surface area contributed by atoms with Crippen molar-refractivity contribution in [2.45, 2.75) is 32.0 Å². The molecule has 0 aliphatic carbocycles. The van der Waals surface area contributed by atoms with E-state index in [4.69, 9.17) is 0 Å². The number of thiophene rings is 1. The van der Waals surface area contributed by atoms with Crippen molar-refractivity contribution in [3.63, 3.8) is 0 Å². The molecule has 1 amide bonds. The minimum absolute atomic E-state index is 0.0708. The second-order valence-electron chi connectivity index (χ2n) is 5.15. The summed E-state index contributed by atoms with van der Waals surface area (Å²) < 4.78 is 0. The molecule has 3 nitrogen and oxygen atoms in total. The van der Waals surface area contributed by atoms with E-state index in [0.717, 1.165) is 13.0 Å². The van der Waals surface area contributed by atoms with Crippen LogP contribution in [0.5, 0.6) is 0 Å². The maximum Gasteiger partial charge on any atom is 0.237 e. The molecule has 0 fully saturated rings. The zero-order valence-electron chi connectivity index (χ0n) is 11.4. The van der Waals surface area contributed by atoms with Crippen LogP contribution in [0.15, 0.2) is 41.8 Å². The van der Waals surface area contributed by atoms with Crippen LogP contribution in [0.25, 0.3) is 0 Å². The fourth-order valence-electron chi connectivity index (χ4n) is 2.56. The third-order valence-electron chi connectivity index (χ3n) is 3.73. The highest BCUT2D eigenvalue weighted by Crippen LogP contribution is 2.20. The van der Waals surface area contributed by atoms with Crippen molar-refractivity contribution < 1.29 is 4.79 Å². The van der Waals surface area contributed by atoms with Crippen LogP contribution in [0.4, 0.5) is 0 Å². The predicted octanol–water partition coefficient (Wildman–Crippen LogP) is 2.64. The van der Waals surface area contributed by atoms with Crippen LogP contribution >= 0.6 is 11.3 Å². The largest absolute Gasteiger partial charge is 0.347 e. The molecule has 2 N–H and O–H groups in total. The van der Waals surface area contributed by atoms with Crippen LogP contribution in [0.1, 0.15) is 29.0 Å². The Morgan fingerprint density at radius 2 is 2.10 bits per heavy atom. The van der Waals surface area contributed by atoms with E-state index in [1.165, 1.54) is 16.0 Å². The number of carbonyl (C=O) groups excluding carboxylic acids is 1. The number of carbonyl (C=O) groups is 1. The van der Waals surface area contributed by atoms with Crippen LogP contribution in [0, 0.1) is 0 Å². The minimum atomic E-state index is -0.132. The van der Waals surface area contributed by atoms with Gasteiger partial charge in [0.15, 0.2) is 0 Å². The molecule has 0 bridgehead atoms. The topological polar surface area (TPSA) is 41.1 Å². The lowest BCUT2D eigenvalue weighted by molar-refractivity contribution is -0.123. The smallest absolute Gasteiger partial charge is 0.237 e. The lowest BCUT2D eigenvalue weighted by Gasteiger charge is -2.26. The van der Waals surface area contributed by atoms with Gasteiger partial charge in [-0.1, -0.05) is 30.3 Å². The number of nitrogens with one attached hydrogen (secondary N) is 2. The second kappa shape index (κ2) is 5.77. The molecule has 2 aromatic rings. The third kappa shape index (κ3) is 2.76. The predicted molar refractivity (Wildman–Crippen MR) is 81.7 cm³/mol. The minimum Gasteiger partial charge on any atom is -0.347 e. The Kier molecular flexibility index (Phi) is 3.85. The summed E-state index contributed by atoms with van der Waals surface area (Å²) in [5, 5.41) is 8.44. The molecular weight excluding hydrogens is 268 g/mol. The summed E-state index contributed by atoms with van der Waals surface area (Å²) in [6.07, 6.45) is 0.763. The van der Waals surface area contributed by atoms with Gasteiger partial charge in [-0.25, -0.2) is 0 Å². The highest BCUT2D eigenvalue weighted by Gasteiger charge is 2.25. The maximum atomic E-state index is 12.3. The Labute approximate surface area is 123 Å². The first-order valence-electron chi connectivity index (χ1n) is 6.88. The van der Waals surface area contributed by atoms with E-state index in [0.29, 0.717) is 0 Å². The Hall–Kier alpha value is -1.65. The van der Waals surface area contributed by atoms with Gasteiger partial charge < -0.3 is 10.6 Å². The monoisotopic (exact) mass is 286 g/mol. The Morgan fingerprint density at radius 3 is 2.85 bits per heavy atom. The highest BCUT2D eigenvalue weighted by molar-refractivity contribution is 7.10. The molecule has 0 unspecified atom stereocenters. The molecule has 1 aromatic carbocycles. The molecule has 2 heterocycles. The molecule has 2 atom stereocenters. The molecule has 0 radical (unpaired) electrons. The van der Waals surface area contributed by atoms with E-state index in [1.807, 2.05) is 30.5 Å². The fraction of sp³-hybridized carbons (Fsp3) is 0.312. The maximum absolute atomic E-state index is 12.3. The van der Waals surface area contributed by atoms with Crippen molar-refractivity contribution in [1.29, 1.82) is 0 Å². The quantitative estimate of drug-likeness (QED) is 0.910.